The molecule has 4 rings (SSSR count). The van der Waals surface area contributed by atoms with Crippen LogP contribution in [0.15, 0.2) is 48.5 Å². The maximum Gasteiger partial charge on any atom is 0.407 e. The number of alkyl carbamates (subject to hydrolysis) is 1. The Morgan fingerprint density at radius 1 is 1.06 bits per heavy atom. The summed E-state index contributed by atoms with van der Waals surface area (Å²) in [7, 11) is 0. The molecular formula is C26H27N3O5S. The first-order valence-electron chi connectivity index (χ1n) is 11.4. The molecular weight excluding hydrogens is 466 g/mol. The van der Waals surface area contributed by atoms with Gasteiger partial charge >= 0.3 is 12.1 Å². The monoisotopic (exact) mass is 493 g/mol. The van der Waals surface area contributed by atoms with Crippen molar-refractivity contribution in [3.05, 3.63) is 70.9 Å². The zero-order valence-corrected chi connectivity index (χ0v) is 20.5. The molecule has 2 aromatic carbocycles. The Hall–Kier alpha value is -3.72. The normalized spacial score (nSPS) is 13.1. The third-order valence-corrected chi connectivity index (χ3v) is 7.04. The van der Waals surface area contributed by atoms with Gasteiger partial charge in [-0.3, -0.25) is 4.79 Å². The highest BCUT2D eigenvalue weighted by atomic mass is 32.1. The fraction of sp³-hybridized carbons (Fsp3) is 0.308. The molecule has 1 heterocycles. The number of fused-ring (bicyclic) bond motifs is 3. The van der Waals surface area contributed by atoms with E-state index in [0.717, 1.165) is 33.8 Å². The zero-order valence-electron chi connectivity index (χ0n) is 19.7. The number of nitrogens with zero attached hydrogens (tertiary/aromatic N) is 1. The van der Waals surface area contributed by atoms with E-state index < -0.39 is 24.0 Å². The second-order valence-corrected chi connectivity index (χ2v) is 9.62. The van der Waals surface area contributed by atoms with Crippen molar-refractivity contribution >= 4 is 34.5 Å². The Morgan fingerprint density at radius 3 is 2.23 bits per heavy atom. The number of hydrogen-bond acceptors (Lipinski definition) is 6. The van der Waals surface area contributed by atoms with Crippen molar-refractivity contribution in [1.29, 1.82) is 0 Å². The smallest absolute Gasteiger partial charge is 0.407 e. The lowest BCUT2D eigenvalue weighted by Crippen LogP contribution is -2.41. The van der Waals surface area contributed by atoms with Crippen molar-refractivity contribution in [3.8, 4) is 11.1 Å². The van der Waals surface area contributed by atoms with Gasteiger partial charge in [-0.05, 0) is 46.6 Å². The van der Waals surface area contributed by atoms with Crippen LogP contribution in [0.3, 0.4) is 0 Å². The van der Waals surface area contributed by atoms with Gasteiger partial charge in [0.1, 0.15) is 17.2 Å². The number of carbonyl (C=O) groups excluding carboxylic acids is 2. The number of hydrogen-bond donors (Lipinski definition) is 3. The van der Waals surface area contributed by atoms with Crippen molar-refractivity contribution in [3.63, 3.8) is 0 Å². The maximum atomic E-state index is 12.7. The molecule has 3 aromatic rings. The molecule has 0 unspecified atom stereocenters. The van der Waals surface area contributed by atoms with Crippen molar-refractivity contribution in [1.82, 2.24) is 9.69 Å². The topological polar surface area (TPSA) is 118 Å². The van der Waals surface area contributed by atoms with Gasteiger partial charge in [0.2, 0.25) is 5.91 Å². The average Bonchev–Trinajstić information content (AvgIpc) is 3.34. The molecule has 0 saturated heterocycles. The lowest BCUT2D eigenvalue weighted by atomic mass is 9.98. The molecule has 1 aliphatic rings. The first kappa shape index (κ1) is 24.4. The summed E-state index contributed by atoms with van der Waals surface area (Å²) < 4.78 is 9.61. The highest BCUT2D eigenvalue weighted by Crippen LogP contribution is 2.44. The van der Waals surface area contributed by atoms with Crippen LogP contribution in [0.5, 0.6) is 0 Å². The Kier molecular flexibility index (Phi) is 7.16. The van der Waals surface area contributed by atoms with Gasteiger partial charge < -0.3 is 20.5 Å². The fourth-order valence-electron chi connectivity index (χ4n) is 4.33. The minimum atomic E-state index is -1.15. The molecule has 0 radical (unpaired) electrons. The average molecular weight is 494 g/mol. The van der Waals surface area contributed by atoms with E-state index in [1.165, 1.54) is 0 Å². The summed E-state index contributed by atoms with van der Waals surface area (Å²) in [5, 5.41) is 14.9. The summed E-state index contributed by atoms with van der Waals surface area (Å²) in [5.74, 6) is -1.67. The number of nitrogens with one attached hydrogen (secondary N) is 2. The minimum absolute atomic E-state index is 0.0195. The summed E-state index contributed by atoms with van der Waals surface area (Å²) >= 11 is 0.918. The van der Waals surface area contributed by atoms with Gasteiger partial charge in [0.15, 0.2) is 0 Å². The molecule has 1 aromatic heterocycles. The number of aromatic carboxylic acids is 1. The molecule has 182 valence electrons. The fourth-order valence-corrected chi connectivity index (χ4v) is 5.13. The third-order valence-electron chi connectivity index (χ3n) is 6.19. The number of aryl methyl sites for hydroxylation is 1. The van der Waals surface area contributed by atoms with E-state index in [9.17, 15) is 19.5 Å². The Morgan fingerprint density at radius 2 is 1.66 bits per heavy atom. The molecule has 0 fully saturated rings. The van der Waals surface area contributed by atoms with Crippen molar-refractivity contribution in [2.75, 3.05) is 11.9 Å². The molecule has 1 aliphatic carbocycles. The van der Waals surface area contributed by atoms with Gasteiger partial charge in [0.05, 0.1) is 5.69 Å². The molecule has 9 heteroatoms. The largest absolute Gasteiger partial charge is 0.478 e. The van der Waals surface area contributed by atoms with Gasteiger partial charge in [-0.2, -0.15) is 4.37 Å². The van der Waals surface area contributed by atoms with Crippen LogP contribution in [0.25, 0.3) is 11.1 Å². The summed E-state index contributed by atoms with van der Waals surface area (Å²) in [6, 6.07) is 15.7. The summed E-state index contributed by atoms with van der Waals surface area (Å²) in [6.45, 7) is 5.53. The molecule has 3 N–H and O–H groups in total. The first-order valence-corrected chi connectivity index (χ1v) is 12.1. The number of anilines is 1. The molecule has 2 amide bonds. The van der Waals surface area contributed by atoms with E-state index in [4.69, 9.17) is 4.74 Å². The second-order valence-electron chi connectivity index (χ2n) is 8.85. The predicted molar refractivity (Wildman–Crippen MR) is 134 cm³/mol. The number of carboxylic acid groups (broad SMARTS) is 1. The van der Waals surface area contributed by atoms with Gasteiger partial charge in [0.25, 0.3) is 0 Å². The van der Waals surface area contributed by atoms with E-state index in [-0.39, 0.29) is 35.4 Å². The van der Waals surface area contributed by atoms with E-state index in [2.05, 4.69) is 39.3 Å². The van der Waals surface area contributed by atoms with E-state index >= 15 is 0 Å². The van der Waals surface area contributed by atoms with Gasteiger partial charge in [-0.1, -0.05) is 62.4 Å². The van der Waals surface area contributed by atoms with E-state index in [1.54, 1.807) is 6.92 Å². The Labute approximate surface area is 207 Å². The lowest BCUT2D eigenvalue weighted by Gasteiger charge is -2.22. The SMILES string of the molecule is Cc1nsc(NC(=O)C[C@@H](NC(=O)OCC2c3ccccc3-c3ccccc32)C(C)C)c1C(=O)O. The third kappa shape index (κ3) is 5.19. The number of ether oxygens (including phenoxy) is 1. The molecule has 8 nitrogen and oxygen atoms in total. The number of benzene rings is 2. The highest BCUT2D eigenvalue weighted by molar-refractivity contribution is 7.11. The Bertz CT molecular complexity index is 1220. The van der Waals surface area contributed by atoms with E-state index in [0.29, 0.717) is 5.69 Å². The van der Waals surface area contributed by atoms with Crippen LogP contribution in [-0.4, -0.2) is 40.1 Å². The quantitative estimate of drug-likeness (QED) is 0.405. The molecule has 1 atom stereocenters. The molecule has 0 saturated carbocycles. The number of carboxylic acids is 1. The summed E-state index contributed by atoms with van der Waals surface area (Å²) in [6.07, 6.45) is -0.629. The van der Waals surface area contributed by atoms with Crippen LogP contribution in [0, 0.1) is 12.8 Å². The molecule has 0 aliphatic heterocycles. The molecule has 0 bridgehead atoms. The number of amides is 2. The highest BCUT2D eigenvalue weighted by Gasteiger charge is 2.30. The van der Waals surface area contributed by atoms with E-state index in [1.807, 2.05) is 38.1 Å². The van der Waals surface area contributed by atoms with Gasteiger partial charge in [0, 0.05) is 18.4 Å². The predicted octanol–water partition coefficient (Wildman–Crippen LogP) is 5.04. The van der Waals surface area contributed by atoms with Crippen LogP contribution in [-0.2, 0) is 9.53 Å². The number of rotatable bonds is 8. The van der Waals surface area contributed by atoms with Crippen molar-refractivity contribution < 1.29 is 24.2 Å². The van der Waals surface area contributed by atoms with Gasteiger partial charge in [-0.25, -0.2) is 9.59 Å². The van der Waals surface area contributed by atoms with Crippen molar-refractivity contribution in [2.24, 2.45) is 5.92 Å². The van der Waals surface area contributed by atoms with Crippen LogP contribution >= 0.6 is 11.5 Å². The molecule has 35 heavy (non-hydrogen) atoms. The zero-order chi connectivity index (χ0) is 25.1. The second kappa shape index (κ2) is 10.3. The van der Waals surface area contributed by atoms with Crippen LogP contribution in [0.1, 0.15) is 53.4 Å². The van der Waals surface area contributed by atoms with Crippen molar-refractivity contribution in [2.45, 2.75) is 39.2 Å². The molecule has 0 spiro atoms. The lowest BCUT2D eigenvalue weighted by molar-refractivity contribution is -0.116. The maximum absolute atomic E-state index is 12.7. The number of aromatic nitrogens is 1. The number of carbonyl (C=O) groups is 3. The van der Waals surface area contributed by atoms with Crippen LogP contribution < -0.4 is 10.6 Å². The van der Waals surface area contributed by atoms with Crippen LogP contribution in [0.2, 0.25) is 0 Å². The Balaban J connectivity index is 1.38. The van der Waals surface area contributed by atoms with Gasteiger partial charge in [-0.15, -0.1) is 0 Å². The summed E-state index contributed by atoms with van der Waals surface area (Å²) in [4.78, 5) is 36.7. The minimum Gasteiger partial charge on any atom is -0.478 e. The summed E-state index contributed by atoms with van der Waals surface area (Å²) in [5.41, 5.74) is 4.86. The standard InChI is InChI=1S/C26H27N3O5S/c1-14(2)21(12-22(30)28-24-23(25(31)32)15(3)29-35-24)27-26(33)34-13-20-18-10-6-4-8-16(18)17-9-5-7-11-19(17)20/h4-11,14,20-21H,12-13H2,1-3H3,(H,27,33)(H,28,30)(H,31,32)/t21-/m1/s1. The van der Waals surface area contributed by atoms with Crippen LogP contribution in [0.4, 0.5) is 9.80 Å². The first-order chi connectivity index (χ1) is 16.8.